The molecule has 2 aliphatic heterocycles. The van der Waals surface area contributed by atoms with Crippen LogP contribution in [0.25, 0.3) is 0 Å². The molecular weight excluding hydrogens is 788 g/mol. The molecule has 0 aromatic carbocycles. The molecule has 15 nitrogen and oxygen atoms in total. The maximum atomic E-state index is 11.7. The third-order valence-corrected chi connectivity index (χ3v) is 10.6. The molecule has 1 unspecified atom stereocenters. The van der Waals surface area contributed by atoms with Gasteiger partial charge < -0.3 is 27.0 Å². The predicted molar refractivity (Wildman–Crippen MR) is 218 cm³/mol. The first-order valence-electron chi connectivity index (χ1n) is 15.1. The molecule has 21 heteroatoms. The summed E-state index contributed by atoms with van der Waals surface area (Å²) in [4.78, 5) is 93.0. The summed E-state index contributed by atoms with van der Waals surface area (Å²) in [5.74, 6) is -2.35. The van der Waals surface area contributed by atoms with Crippen LogP contribution in [0.15, 0.2) is 24.3 Å². The minimum atomic E-state index is -0.389. The lowest BCUT2D eigenvalue weighted by atomic mass is 10.1. The van der Waals surface area contributed by atoms with Crippen molar-refractivity contribution in [3.05, 3.63) is 24.3 Å². The van der Waals surface area contributed by atoms with E-state index in [4.69, 9.17) is 17.5 Å². The number of unbranched alkanes of at least 4 members (excludes halogenated alkanes) is 2. The van der Waals surface area contributed by atoms with Crippen molar-refractivity contribution in [3.8, 4) is 0 Å². The van der Waals surface area contributed by atoms with Gasteiger partial charge in [-0.05, 0) is 88.0 Å². The van der Waals surface area contributed by atoms with Crippen LogP contribution in [-0.4, -0.2) is 109 Å². The summed E-state index contributed by atoms with van der Waals surface area (Å²) in [5, 5.41) is 11.2. The third kappa shape index (κ3) is 24.5. The van der Waals surface area contributed by atoms with Crippen molar-refractivity contribution in [2.24, 2.45) is 5.73 Å². The zero-order chi connectivity index (χ0) is 37.2. The molecule has 0 aliphatic carbocycles. The van der Waals surface area contributed by atoms with Crippen molar-refractivity contribution in [1.29, 1.82) is 0 Å². The van der Waals surface area contributed by atoms with Crippen molar-refractivity contribution < 1.29 is 38.4 Å². The van der Waals surface area contributed by atoms with Crippen LogP contribution in [0.2, 0.25) is 0 Å². The van der Waals surface area contributed by atoms with E-state index in [1.165, 1.54) is 24.3 Å². The minimum Gasteiger partial charge on any atom is -0.368 e. The summed E-state index contributed by atoms with van der Waals surface area (Å²) in [6.07, 6.45) is 9.25. The smallest absolute Gasteiger partial charge is 0.253 e. The number of carbonyl (C=O) groups is 8. The van der Waals surface area contributed by atoms with Gasteiger partial charge in [0.2, 0.25) is 23.2 Å². The summed E-state index contributed by atoms with van der Waals surface area (Å²) in [6, 6.07) is -0.583. The number of rotatable bonds is 22. The zero-order valence-electron chi connectivity index (χ0n) is 27.3. The third-order valence-electron chi connectivity index (χ3n) is 6.87. The number of nitrogens with one attached hydrogen (secondary N) is 4. The van der Waals surface area contributed by atoms with Crippen molar-refractivity contribution in [2.45, 2.75) is 85.7 Å². The first-order chi connectivity index (χ1) is 23.4. The summed E-state index contributed by atoms with van der Waals surface area (Å²) in [5.41, 5.74) is 5.18. The Balaban J connectivity index is -0.000000381. The van der Waals surface area contributed by atoms with Gasteiger partial charge in [-0.3, -0.25) is 48.2 Å². The maximum Gasteiger partial charge on any atom is 0.253 e. The second-order valence-corrected chi connectivity index (χ2v) is 15.6. The highest BCUT2D eigenvalue weighted by atomic mass is 32.7. The highest BCUT2D eigenvalue weighted by Gasteiger charge is 2.24. The van der Waals surface area contributed by atoms with Gasteiger partial charge in [-0.25, -0.2) is 0 Å². The second kappa shape index (κ2) is 34.1. The average molecular weight is 842 g/mol. The number of hydrogen-bond donors (Lipinski definition) is 5. The first kappa shape index (κ1) is 56.1. The molecule has 0 aromatic heterocycles. The Hall–Kier alpha value is -2.68. The van der Waals surface area contributed by atoms with E-state index in [9.17, 15) is 38.4 Å². The fourth-order valence-electron chi connectivity index (χ4n) is 4.19. The predicted octanol–water partition coefficient (Wildman–Crippen LogP) is 2.40. The molecule has 2 atom stereocenters. The summed E-state index contributed by atoms with van der Waals surface area (Å²) in [6.45, 7) is 1.15. The molecule has 0 radical (unpaired) electrons. The normalized spacial score (nSPS) is 13.9. The fraction of sp³-hybridized carbons (Fsp3) is 0.613. The molecule has 0 saturated carbocycles. The van der Waals surface area contributed by atoms with Crippen molar-refractivity contribution in [1.82, 2.24) is 31.1 Å². The number of nitrogens with two attached hydrogens (primary N) is 1. The van der Waals surface area contributed by atoms with Crippen LogP contribution in [0.1, 0.15) is 73.6 Å². The van der Waals surface area contributed by atoms with Gasteiger partial charge in [0.1, 0.15) is 0 Å². The Bertz CT molecular complexity index is 1250. The van der Waals surface area contributed by atoms with Crippen molar-refractivity contribution in [2.75, 3.05) is 40.3 Å². The van der Waals surface area contributed by atoms with Gasteiger partial charge in [-0.1, -0.05) is 22.3 Å². The van der Waals surface area contributed by atoms with E-state index in [-0.39, 0.29) is 107 Å². The van der Waals surface area contributed by atoms with E-state index in [0.29, 0.717) is 33.3 Å². The SMILES string of the molecule is C.C.C.CNC(CCCCNC(=O)CCN1C(=O)C=CC1=O)C(N)=O.CN[C@@H](CCCCNC(=O)CCN1C(=O)C=CC1=O)C(=O)P=S.S=PP=S. The molecule has 2 heterocycles. The second-order valence-electron chi connectivity index (χ2n) is 10.2. The lowest BCUT2D eigenvalue weighted by molar-refractivity contribution is -0.139. The van der Waals surface area contributed by atoms with Crippen LogP contribution < -0.4 is 27.0 Å². The Labute approximate surface area is 327 Å². The fourth-order valence-corrected chi connectivity index (χ4v) is 4.96. The quantitative estimate of drug-likeness (QED) is 0.0602. The number of amides is 7. The van der Waals surface area contributed by atoms with E-state index in [1.54, 1.807) is 14.1 Å². The molecule has 6 N–H and O–H groups in total. The van der Waals surface area contributed by atoms with Crippen molar-refractivity contribution in [3.63, 3.8) is 0 Å². The number of likely N-dealkylation sites (N-methyl/N-ethyl adjacent to an activating group) is 2. The van der Waals surface area contributed by atoms with Crippen LogP contribution in [0.4, 0.5) is 0 Å². The zero-order valence-corrected chi connectivity index (χ0v) is 32.4. The summed E-state index contributed by atoms with van der Waals surface area (Å²) < 4.78 is 0. The lowest BCUT2D eigenvalue weighted by Gasteiger charge is -2.14. The molecule has 0 aromatic rings. The largest absolute Gasteiger partial charge is 0.368 e. The highest BCUT2D eigenvalue weighted by Crippen LogP contribution is 2.10. The van der Waals surface area contributed by atoms with Crippen LogP contribution in [0.3, 0.4) is 0 Å². The molecule has 0 saturated heterocycles. The number of hydrogen-bond acceptors (Lipinski definition) is 13. The molecule has 0 fully saturated rings. The van der Waals surface area contributed by atoms with E-state index < -0.39 is 0 Å². The van der Waals surface area contributed by atoms with Gasteiger partial charge >= 0.3 is 0 Å². The Morgan fingerprint density at radius 2 is 1.00 bits per heavy atom. The van der Waals surface area contributed by atoms with Gasteiger partial charge in [-0.2, -0.15) is 0 Å². The van der Waals surface area contributed by atoms with Crippen LogP contribution in [0.5, 0.6) is 0 Å². The average Bonchev–Trinajstić information content (AvgIpc) is 3.59. The van der Waals surface area contributed by atoms with Gasteiger partial charge in [0.05, 0.1) is 19.4 Å². The van der Waals surface area contributed by atoms with E-state index >= 15 is 0 Å². The number of imide groups is 2. The van der Waals surface area contributed by atoms with Crippen LogP contribution >= 0.6 is 21.4 Å². The highest BCUT2D eigenvalue weighted by molar-refractivity contribution is 8.40. The Morgan fingerprint density at radius 1 is 0.654 bits per heavy atom. The standard InChI is InChI=1S/C14H22N4O4.C14H20N3O4PS.3CH4.P2S2/c1-16-10(14(15)22)4-2-3-8-17-11(19)7-9-18-12(20)5-6-13(18)21;1-15-10(14(21)22-23)4-2-3-8-16-11(18)7-9-17-12(19)5-6-13(17)20;;;;3-1-2-4/h5-6,10,16H,2-4,7-9H2,1H3,(H2,15,22)(H,17,19);5-6,10,15H,2-4,7-9H2,1H3,(H,16,18);3*1H4;/t;10-;;;;/m.0..../s1. The number of primary amides is 1. The van der Waals surface area contributed by atoms with E-state index in [1.807, 2.05) is 0 Å². The molecular formula is C31H54N7O8P3S3. The molecule has 2 aliphatic rings. The molecule has 0 bridgehead atoms. The lowest BCUT2D eigenvalue weighted by Crippen LogP contribution is -2.39. The van der Waals surface area contributed by atoms with Gasteiger partial charge in [0.25, 0.3) is 23.6 Å². The number of carbonyl (C=O) groups excluding carboxylic acids is 8. The number of nitrogens with zero attached hydrogens (tertiary/aromatic N) is 2. The molecule has 2 rings (SSSR count). The molecule has 52 heavy (non-hydrogen) atoms. The molecule has 294 valence electrons. The summed E-state index contributed by atoms with van der Waals surface area (Å²) >= 11 is 13.5. The van der Waals surface area contributed by atoms with E-state index in [0.717, 1.165) is 49.6 Å². The summed E-state index contributed by atoms with van der Waals surface area (Å²) in [7, 11) is 5.47. The molecule has 0 spiro atoms. The Morgan fingerprint density at radius 3 is 1.29 bits per heavy atom. The van der Waals surface area contributed by atoms with Gasteiger partial charge in [0, 0.05) is 77.4 Å². The first-order valence-corrected chi connectivity index (χ1v) is 21.6. The Kier molecular flexibility index (Phi) is 36.8. The van der Waals surface area contributed by atoms with Crippen molar-refractivity contribution >= 4 is 104 Å². The topological polar surface area (TPSA) is 217 Å². The van der Waals surface area contributed by atoms with Gasteiger partial charge in [-0.15, -0.1) is 0 Å². The van der Waals surface area contributed by atoms with E-state index in [2.05, 4.69) is 44.9 Å². The van der Waals surface area contributed by atoms with Crippen LogP contribution in [-0.2, 0) is 73.8 Å². The monoisotopic (exact) mass is 841 g/mol. The minimum absolute atomic E-state index is 0. The van der Waals surface area contributed by atoms with Crippen LogP contribution in [0, 0.1) is 0 Å². The molecule has 7 amide bonds. The maximum absolute atomic E-state index is 11.7. The van der Waals surface area contributed by atoms with Gasteiger partial charge in [0.15, 0.2) is 0 Å².